The van der Waals surface area contributed by atoms with Gasteiger partial charge in [0.2, 0.25) is 0 Å². The van der Waals surface area contributed by atoms with E-state index in [-0.39, 0.29) is 11.4 Å². The molecule has 0 aliphatic heterocycles. The second kappa shape index (κ2) is 4.75. The number of hydrogen-bond acceptors (Lipinski definition) is 5. The number of hydrogen-bond donors (Lipinski definition) is 2. The first-order valence-corrected chi connectivity index (χ1v) is 5.82. The molecule has 7 heteroatoms. The number of carboxylic acids is 1. The molecule has 1 aromatic carbocycles. The maximum absolute atomic E-state index is 11.2. The molecule has 0 amide bonds. The first-order chi connectivity index (χ1) is 8.98. The number of nitrogens with one attached hydrogen (secondary N) is 1. The minimum absolute atomic E-state index is 0.106. The lowest BCUT2D eigenvalue weighted by molar-refractivity contribution is -0.385. The highest BCUT2D eigenvalue weighted by Gasteiger charge is 2.44. The molecule has 19 heavy (non-hydrogen) atoms. The van der Waals surface area contributed by atoms with Crippen LogP contribution in [-0.2, 0) is 4.79 Å². The number of anilines is 1. The summed E-state index contributed by atoms with van der Waals surface area (Å²) in [7, 11) is 1.34. The van der Waals surface area contributed by atoms with Gasteiger partial charge >= 0.3 is 11.7 Å². The van der Waals surface area contributed by atoms with Crippen LogP contribution >= 0.6 is 0 Å². The van der Waals surface area contributed by atoms with Crippen LogP contribution in [0.2, 0.25) is 0 Å². The van der Waals surface area contributed by atoms with E-state index in [4.69, 9.17) is 4.74 Å². The number of methoxy groups -OCH3 is 1. The summed E-state index contributed by atoms with van der Waals surface area (Å²) in [5.41, 5.74) is -0.600. The average molecular weight is 266 g/mol. The SMILES string of the molecule is COc1cc(NC2(C(=O)O)CCC2)ccc1[N+](=O)[O-]. The minimum Gasteiger partial charge on any atom is -0.490 e. The smallest absolute Gasteiger partial charge is 0.329 e. The molecule has 0 bridgehead atoms. The van der Waals surface area contributed by atoms with Crippen molar-refractivity contribution in [1.82, 2.24) is 0 Å². The van der Waals surface area contributed by atoms with Crippen molar-refractivity contribution in [3.63, 3.8) is 0 Å². The zero-order valence-electron chi connectivity index (χ0n) is 10.4. The van der Waals surface area contributed by atoms with Crippen molar-refractivity contribution in [2.75, 3.05) is 12.4 Å². The van der Waals surface area contributed by atoms with Crippen molar-refractivity contribution in [2.45, 2.75) is 24.8 Å². The highest BCUT2D eigenvalue weighted by molar-refractivity contribution is 5.84. The van der Waals surface area contributed by atoms with Gasteiger partial charge < -0.3 is 15.2 Å². The summed E-state index contributed by atoms with van der Waals surface area (Å²) in [4.78, 5) is 21.5. The zero-order chi connectivity index (χ0) is 14.0. The van der Waals surface area contributed by atoms with Crippen molar-refractivity contribution in [3.05, 3.63) is 28.3 Å². The summed E-state index contributed by atoms with van der Waals surface area (Å²) in [6.45, 7) is 0. The second-order valence-corrected chi connectivity index (χ2v) is 4.51. The van der Waals surface area contributed by atoms with Crippen molar-refractivity contribution in [3.8, 4) is 5.75 Å². The number of benzene rings is 1. The fourth-order valence-electron chi connectivity index (χ4n) is 2.11. The van der Waals surface area contributed by atoms with Crippen molar-refractivity contribution >= 4 is 17.3 Å². The van der Waals surface area contributed by atoms with Gasteiger partial charge in [0.15, 0.2) is 5.75 Å². The molecule has 0 unspecified atom stereocenters. The lowest BCUT2D eigenvalue weighted by Crippen LogP contribution is -2.52. The van der Waals surface area contributed by atoms with E-state index in [1.807, 2.05) is 0 Å². The summed E-state index contributed by atoms with van der Waals surface area (Å²) in [5, 5.41) is 22.9. The van der Waals surface area contributed by atoms with E-state index in [9.17, 15) is 20.0 Å². The minimum atomic E-state index is -0.957. The Balaban J connectivity index is 2.27. The van der Waals surface area contributed by atoms with Gasteiger partial charge in [-0.1, -0.05) is 0 Å². The van der Waals surface area contributed by atoms with E-state index in [0.717, 1.165) is 6.42 Å². The number of carbonyl (C=O) groups is 1. The summed E-state index contributed by atoms with van der Waals surface area (Å²) in [6.07, 6.45) is 1.94. The van der Waals surface area contributed by atoms with Gasteiger partial charge in [-0.25, -0.2) is 4.79 Å². The Hall–Kier alpha value is -2.31. The van der Waals surface area contributed by atoms with Crippen LogP contribution in [0.4, 0.5) is 11.4 Å². The Kier molecular flexibility index (Phi) is 3.28. The maximum Gasteiger partial charge on any atom is 0.329 e. The van der Waals surface area contributed by atoms with Crippen molar-refractivity contribution in [1.29, 1.82) is 0 Å². The molecule has 0 spiro atoms. The molecular formula is C12H14N2O5. The van der Waals surface area contributed by atoms with Crippen LogP contribution in [0.1, 0.15) is 19.3 Å². The molecule has 1 aromatic rings. The molecule has 2 N–H and O–H groups in total. The van der Waals surface area contributed by atoms with Crippen LogP contribution in [0, 0.1) is 10.1 Å². The fraction of sp³-hybridized carbons (Fsp3) is 0.417. The Morgan fingerprint density at radius 1 is 1.53 bits per heavy atom. The second-order valence-electron chi connectivity index (χ2n) is 4.51. The van der Waals surface area contributed by atoms with Crippen LogP contribution in [0.5, 0.6) is 5.75 Å². The Morgan fingerprint density at radius 2 is 2.21 bits per heavy atom. The molecule has 2 rings (SSSR count). The third-order valence-electron chi connectivity index (χ3n) is 3.38. The molecule has 0 radical (unpaired) electrons. The predicted octanol–water partition coefficient (Wildman–Crippen LogP) is 2.02. The zero-order valence-corrected chi connectivity index (χ0v) is 10.4. The lowest BCUT2D eigenvalue weighted by atomic mass is 9.76. The van der Waals surface area contributed by atoms with Gasteiger partial charge in [0, 0.05) is 17.8 Å². The molecule has 1 aliphatic rings. The maximum atomic E-state index is 11.2. The number of nitro benzene ring substituents is 1. The lowest BCUT2D eigenvalue weighted by Gasteiger charge is -2.39. The van der Waals surface area contributed by atoms with E-state index in [2.05, 4.69) is 5.32 Å². The van der Waals surface area contributed by atoms with Gasteiger partial charge in [-0.2, -0.15) is 0 Å². The Labute approximate surface area is 109 Å². The Bertz CT molecular complexity index is 525. The molecule has 0 saturated heterocycles. The third kappa shape index (κ3) is 2.31. The van der Waals surface area contributed by atoms with E-state index in [1.54, 1.807) is 0 Å². The molecular weight excluding hydrogens is 252 g/mol. The van der Waals surface area contributed by atoms with Crippen LogP contribution in [0.25, 0.3) is 0 Å². The Morgan fingerprint density at radius 3 is 2.63 bits per heavy atom. The molecule has 1 fully saturated rings. The highest BCUT2D eigenvalue weighted by atomic mass is 16.6. The number of rotatable bonds is 5. The van der Waals surface area contributed by atoms with Gasteiger partial charge in [-0.15, -0.1) is 0 Å². The topological polar surface area (TPSA) is 102 Å². The number of nitrogens with zero attached hydrogens (tertiary/aromatic N) is 1. The molecule has 7 nitrogen and oxygen atoms in total. The van der Waals surface area contributed by atoms with E-state index >= 15 is 0 Å². The summed E-state index contributed by atoms with van der Waals surface area (Å²) in [6, 6.07) is 4.24. The summed E-state index contributed by atoms with van der Waals surface area (Å²) in [5.74, 6) is -0.800. The predicted molar refractivity (Wildman–Crippen MR) is 67.5 cm³/mol. The molecule has 0 atom stereocenters. The summed E-state index contributed by atoms with van der Waals surface area (Å²) < 4.78 is 4.94. The number of ether oxygens (including phenoxy) is 1. The van der Waals surface area contributed by atoms with Gasteiger partial charge in [0.1, 0.15) is 5.54 Å². The molecule has 1 aliphatic carbocycles. The first-order valence-electron chi connectivity index (χ1n) is 5.82. The quantitative estimate of drug-likeness (QED) is 0.624. The summed E-state index contributed by atoms with van der Waals surface area (Å²) >= 11 is 0. The largest absolute Gasteiger partial charge is 0.490 e. The van der Waals surface area contributed by atoms with E-state index in [1.165, 1.54) is 25.3 Å². The molecule has 102 valence electrons. The third-order valence-corrected chi connectivity index (χ3v) is 3.38. The first kappa shape index (κ1) is 13.1. The molecule has 1 saturated carbocycles. The van der Waals surface area contributed by atoms with E-state index in [0.29, 0.717) is 18.5 Å². The van der Waals surface area contributed by atoms with Gasteiger partial charge in [-0.05, 0) is 25.3 Å². The van der Waals surface area contributed by atoms with Gasteiger partial charge in [-0.3, -0.25) is 10.1 Å². The monoisotopic (exact) mass is 266 g/mol. The molecule has 0 aromatic heterocycles. The van der Waals surface area contributed by atoms with Crippen LogP contribution in [0.15, 0.2) is 18.2 Å². The molecule has 0 heterocycles. The number of aliphatic carboxylic acids is 1. The normalized spacial score (nSPS) is 16.3. The highest BCUT2D eigenvalue weighted by Crippen LogP contribution is 2.37. The van der Waals surface area contributed by atoms with Crippen molar-refractivity contribution < 1.29 is 19.6 Å². The van der Waals surface area contributed by atoms with Crippen LogP contribution in [0.3, 0.4) is 0 Å². The van der Waals surface area contributed by atoms with Gasteiger partial charge in [0.25, 0.3) is 0 Å². The number of nitro groups is 1. The van der Waals surface area contributed by atoms with Gasteiger partial charge in [0.05, 0.1) is 12.0 Å². The average Bonchev–Trinajstić information content (AvgIpc) is 2.32. The fourth-order valence-corrected chi connectivity index (χ4v) is 2.11. The van der Waals surface area contributed by atoms with Crippen LogP contribution in [-0.4, -0.2) is 28.6 Å². The van der Waals surface area contributed by atoms with E-state index < -0.39 is 16.4 Å². The standard InChI is InChI=1S/C12H14N2O5/c1-19-10-7-8(3-4-9(10)14(17)18)13-12(11(15)16)5-2-6-12/h3-4,7,13H,2,5-6H2,1H3,(H,15,16). The number of carboxylic acid groups (broad SMARTS) is 1. The van der Waals surface area contributed by atoms with Crippen molar-refractivity contribution in [2.24, 2.45) is 0 Å². The van der Waals surface area contributed by atoms with Crippen LogP contribution < -0.4 is 10.1 Å².